The van der Waals surface area contributed by atoms with Crippen molar-refractivity contribution < 1.29 is 4.74 Å². The molecule has 1 atom stereocenters. The van der Waals surface area contributed by atoms with Crippen LogP contribution in [0.4, 0.5) is 0 Å². The Balaban J connectivity index is 2.27. The molecule has 0 aromatic heterocycles. The van der Waals surface area contributed by atoms with Crippen molar-refractivity contribution in [3.63, 3.8) is 0 Å². The molecule has 0 N–H and O–H groups in total. The van der Waals surface area contributed by atoms with Crippen LogP contribution in [-0.4, -0.2) is 7.11 Å². The van der Waals surface area contributed by atoms with Gasteiger partial charge >= 0.3 is 0 Å². The minimum absolute atomic E-state index is 0.387. The first-order valence-corrected chi connectivity index (χ1v) is 6.39. The van der Waals surface area contributed by atoms with Gasteiger partial charge in [0.2, 0.25) is 0 Å². The molecular weight excluding hydrogens is 276 g/mol. The first-order valence-electron chi connectivity index (χ1n) is 5.60. The van der Waals surface area contributed by atoms with Crippen molar-refractivity contribution in [1.29, 1.82) is 0 Å². The number of halogens is 1. The van der Waals surface area contributed by atoms with Crippen LogP contribution in [0.3, 0.4) is 0 Å². The smallest absolute Gasteiger partial charge is 0.118 e. The van der Waals surface area contributed by atoms with Gasteiger partial charge in [0, 0.05) is 10.4 Å². The first-order chi connectivity index (χ1) is 8.20. The van der Waals surface area contributed by atoms with Gasteiger partial charge in [-0.15, -0.1) is 0 Å². The molecule has 88 valence electrons. The van der Waals surface area contributed by atoms with E-state index in [1.807, 2.05) is 18.2 Å². The summed E-state index contributed by atoms with van der Waals surface area (Å²) in [6, 6.07) is 16.7. The Labute approximate surface area is 111 Å². The van der Waals surface area contributed by atoms with Gasteiger partial charge in [0.15, 0.2) is 0 Å². The lowest BCUT2D eigenvalue weighted by Crippen LogP contribution is -1.96. The van der Waals surface area contributed by atoms with E-state index in [1.54, 1.807) is 7.11 Å². The second-order valence-corrected chi connectivity index (χ2v) is 4.97. The molecule has 0 radical (unpaired) electrons. The van der Waals surface area contributed by atoms with Gasteiger partial charge in [0.25, 0.3) is 0 Å². The Kier molecular flexibility index (Phi) is 3.85. The van der Waals surface area contributed by atoms with Crippen molar-refractivity contribution in [2.45, 2.75) is 12.8 Å². The molecule has 17 heavy (non-hydrogen) atoms. The van der Waals surface area contributed by atoms with Crippen LogP contribution < -0.4 is 4.74 Å². The van der Waals surface area contributed by atoms with Crippen molar-refractivity contribution in [2.75, 3.05) is 7.11 Å². The summed E-state index contributed by atoms with van der Waals surface area (Å²) in [5.41, 5.74) is 2.61. The van der Waals surface area contributed by atoms with Crippen LogP contribution in [0.2, 0.25) is 0 Å². The molecule has 2 aromatic rings. The second-order valence-electron chi connectivity index (χ2n) is 4.05. The monoisotopic (exact) mass is 290 g/mol. The standard InChI is InChI=1S/C15H15BrO/c1-11(13-4-3-5-14(16)10-13)12-6-8-15(17-2)9-7-12/h3-11H,1-2H3. The van der Waals surface area contributed by atoms with Crippen LogP contribution >= 0.6 is 15.9 Å². The summed E-state index contributed by atoms with van der Waals surface area (Å²) in [6.45, 7) is 2.21. The first kappa shape index (κ1) is 12.2. The lowest BCUT2D eigenvalue weighted by Gasteiger charge is -2.13. The molecule has 0 aliphatic carbocycles. The summed E-state index contributed by atoms with van der Waals surface area (Å²) in [7, 11) is 1.69. The Hall–Kier alpha value is -1.28. The van der Waals surface area contributed by atoms with E-state index in [0.717, 1.165) is 10.2 Å². The summed E-state index contributed by atoms with van der Waals surface area (Å²) in [5, 5.41) is 0. The molecule has 0 aliphatic heterocycles. The number of ether oxygens (including phenoxy) is 1. The number of methoxy groups -OCH3 is 1. The predicted octanol–water partition coefficient (Wildman–Crippen LogP) is 4.61. The molecule has 2 rings (SSSR count). The minimum atomic E-state index is 0.387. The highest BCUT2D eigenvalue weighted by molar-refractivity contribution is 9.10. The summed E-state index contributed by atoms with van der Waals surface area (Å²) in [4.78, 5) is 0. The van der Waals surface area contributed by atoms with E-state index in [2.05, 4.69) is 53.2 Å². The molecule has 1 nitrogen and oxygen atoms in total. The Bertz CT molecular complexity index is 491. The van der Waals surface area contributed by atoms with Crippen molar-refractivity contribution in [3.05, 3.63) is 64.1 Å². The third kappa shape index (κ3) is 2.89. The van der Waals surface area contributed by atoms with Crippen molar-refractivity contribution in [3.8, 4) is 5.75 Å². The van der Waals surface area contributed by atoms with E-state index in [9.17, 15) is 0 Å². The lowest BCUT2D eigenvalue weighted by molar-refractivity contribution is 0.414. The van der Waals surface area contributed by atoms with Gasteiger partial charge in [-0.1, -0.05) is 47.1 Å². The summed E-state index contributed by atoms with van der Waals surface area (Å²) in [6.07, 6.45) is 0. The Morgan fingerprint density at radius 3 is 2.29 bits per heavy atom. The zero-order valence-electron chi connectivity index (χ0n) is 9.98. The molecular formula is C15H15BrO. The fourth-order valence-corrected chi connectivity index (χ4v) is 2.28. The van der Waals surface area contributed by atoms with Crippen LogP contribution in [0.5, 0.6) is 5.75 Å². The SMILES string of the molecule is COc1ccc(C(C)c2cccc(Br)c2)cc1. The third-order valence-corrected chi connectivity index (χ3v) is 3.46. The fraction of sp³-hybridized carbons (Fsp3) is 0.200. The normalized spacial score (nSPS) is 12.2. The van der Waals surface area contributed by atoms with Crippen LogP contribution in [0.1, 0.15) is 24.0 Å². The third-order valence-electron chi connectivity index (χ3n) is 2.96. The number of hydrogen-bond acceptors (Lipinski definition) is 1. The number of benzene rings is 2. The van der Waals surface area contributed by atoms with Gasteiger partial charge in [-0.05, 0) is 35.4 Å². The minimum Gasteiger partial charge on any atom is -0.497 e. The summed E-state index contributed by atoms with van der Waals surface area (Å²) < 4.78 is 6.29. The van der Waals surface area contributed by atoms with Gasteiger partial charge in [-0.2, -0.15) is 0 Å². The average molecular weight is 291 g/mol. The number of hydrogen-bond donors (Lipinski definition) is 0. The van der Waals surface area contributed by atoms with E-state index in [1.165, 1.54) is 11.1 Å². The molecule has 1 unspecified atom stereocenters. The highest BCUT2D eigenvalue weighted by Crippen LogP contribution is 2.27. The van der Waals surface area contributed by atoms with E-state index in [0.29, 0.717) is 5.92 Å². The van der Waals surface area contributed by atoms with Crippen LogP contribution in [-0.2, 0) is 0 Å². The van der Waals surface area contributed by atoms with E-state index in [4.69, 9.17) is 4.74 Å². The van der Waals surface area contributed by atoms with Gasteiger partial charge < -0.3 is 4.74 Å². The van der Waals surface area contributed by atoms with Gasteiger partial charge in [-0.25, -0.2) is 0 Å². The molecule has 0 saturated heterocycles. The van der Waals surface area contributed by atoms with Gasteiger partial charge in [0.1, 0.15) is 5.75 Å². The van der Waals surface area contributed by atoms with Crippen LogP contribution in [0.25, 0.3) is 0 Å². The van der Waals surface area contributed by atoms with Crippen molar-refractivity contribution >= 4 is 15.9 Å². The second kappa shape index (κ2) is 5.37. The summed E-state index contributed by atoms with van der Waals surface area (Å²) in [5.74, 6) is 1.29. The highest BCUT2D eigenvalue weighted by Gasteiger charge is 2.08. The van der Waals surface area contributed by atoms with E-state index in [-0.39, 0.29) is 0 Å². The molecule has 0 saturated carbocycles. The molecule has 0 fully saturated rings. The zero-order valence-corrected chi connectivity index (χ0v) is 11.6. The molecule has 0 heterocycles. The molecule has 0 bridgehead atoms. The van der Waals surface area contributed by atoms with Gasteiger partial charge in [0.05, 0.1) is 7.11 Å². The van der Waals surface area contributed by atoms with E-state index < -0.39 is 0 Å². The molecule has 2 heteroatoms. The largest absolute Gasteiger partial charge is 0.497 e. The molecule has 2 aromatic carbocycles. The Morgan fingerprint density at radius 1 is 1.00 bits per heavy atom. The lowest BCUT2D eigenvalue weighted by atomic mass is 9.93. The topological polar surface area (TPSA) is 9.23 Å². The average Bonchev–Trinajstić information content (AvgIpc) is 2.38. The molecule has 0 aliphatic rings. The quantitative estimate of drug-likeness (QED) is 0.802. The van der Waals surface area contributed by atoms with Crippen molar-refractivity contribution in [2.24, 2.45) is 0 Å². The van der Waals surface area contributed by atoms with E-state index >= 15 is 0 Å². The maximum absolute atomic E-state index is 5.17. The predicted molar refractivity (Wildman–Crippen MR) is 74.7 cm³/mol. The molecule has 0 spiro atoms. The van der Waals surface area contributed by atoms with Crippen LogP contribution in [0, 0.1) is 0 Å². The van der Waals surface area contributed by atoms with Crippen LogP contribution in [0.15, 0.2) is 53.0 Å². The highest BCUT2D eigenvalue weighted by atomic mass is 79.9. The zero-order chi connectivity index (χ0) is 12.3. The maximum Gasteiger partial charge on any atom is 0.118 e. The fourth-order valence-electron chi connectivity index (χ4n) is 1.86. The van der Waals surface area contributed by atoms with Gasteiger partial charge in [-0.3, -0.25) is 0 Å². The van der Waals surface area contributed by atoms with Crippen molar-refractivity contribution in [1.82, 2.24) is 0 Å². The number of rotatable bonds is 3. The maximum atomic E-state index is 5.17. The Morgan fingerprint density at radius 2 is 1.71 bits per heavy atom. The summed E-state index contributed by atoms with van der Waals surface area (Å²) >= 11 is 3.51. The molecule has 0 amide bonds.